The van der Waals surface area contributed by atoms with E-state index in [2.05, 4.69) is 58.9 Å². The van der Waals surface area contributed by atoms with Crippen LogP contribution in [0.15, 0.2) is 10.8 Å². The molecular formula is C13H20N4S2. The minimum atomic E-state index is 0.407. The van der Waals surface area contributed by atoms with Crippen molar-refractivity contribution in [1.82, 2.24) is 14.9 Å². The van der Waals surface area contributed by atoms with Crippen molar-refractivity contribution in [2.24, 2.45) is 0 Å². The number of anilines is 1. The van der Waals surface area contributed by atoms with E-state index in [1.54, 1.807) is 22.7 Å². The highest BCUT2D eigenvalue weighted by Crippen LogP contribution is 2.26. The Bertz CT molecular complexity index is 516. The van der Waals surface area contributed by atoms with Gasteiger partial charge >= 0.3 is 0 Å². The van der Waals surface area contributed by atoms with Gasteiger partial charge in [0.15, 0.2) is 5.13 Å². The van der Waals surface area contributed by atoms with Gasteiger partial charge in [0.05, 0.1) is 5.01 Å². The van der Waals surface area contributed by atoms with Crippen LogP contribution in [0.1, 0.15) is 18.9 Å². The maximum Gasteiger partial charge on any atom is 0.183 e. The zero-order valence-electron chi connectivity index (χ0n) is 11.8. The standard InChI is InChI=1S/C13H20N4S2/c1-9(2)14-13-16-11(8-19-13)10-7-18-12(15-10)5-6-17(3)4/h7-9H,5-6H2,1-4H3,(H,14,16). The molecule has 2 aromatic heterocycles. The SMILES string of the molecule is CC(C)Nc1nc(-c2csc(CCN(C)C)n2)cs1. The Labute approximate surface area is 122 Å². The van der Waals surface area contributed by atoms with Gasteiger partial charge in [0.25, 0.3) is 0 Å². The quantitative estimate of drug-likeness (QED) is 0.889. The van der Waals surface area contributed by atoms with E-state index in [0.29, 0.717) is 6.04 Å². The van der Waals surface area contributed by atoms with Crippen LogP contribution in [0.2, 0.25) is 0 Å². The van der Waals surface area contributed by atoms with Gasteiger partial charge in [-0.3, -0.25) is 0 Å². The Balaban J connectivity index is 2.03. The summed E-state index contributed by atoms with van der Waals surface area (Å²) in [4.78, 5) is 11.4. The maximum absolute atomic E-state index is 4.65. The lowest BCUT2D eigenvalue weighted by molar-refractivity contribution is 0.413. The summed E-state index contributed by atoms with van der Waals surface area (Å²) < 4.78 is 0. The Hall–Kier alpha value is -0.980. The van der Waals surface area contributed by atoms with Crippen LogP contribution in [0.4, 0.5) is 5.13 Å². The van der Waals surface area contributed by atoms with E-state index < -0.39 is 0 Å². The lowest BCUT2D eigenvalue weighted by Gasteiger charge is -2.06. The van der Waals surface area contributed by atoms with Gasteiger partial charge in [-0.15, -0.1) is 22.7 Å². The van der Waals surface area contributed by atoms with Gasteiger partial charge < -0.3 is 10.2 Å². The molecule has 0 atom stereocenters. The first-order chi connectivity index (χ1) is 9.04. The molecule has 2 rings (SSSR count). The van der Waals surface area contributed by atoms with Crippen molar-refractivity contribution in [3.8, 4) is 11.4 Å². The molecule has 19 heavy (non-hydrogen) atoms. The number of thiazole rings is 2. The van der Waals surface area contributed by atoms with Crippen molar-refractivity contribution >= 4 is 27.8 Å². The second kappa shape index (κ2) is 6.45. The van der Waals surface area contributed by atoms with Crippen molar-refractivity contribution in [3.05, 3.63) is 15.8 Å². The maximum atomic E-state index is 4.65. The fraction of sp³-hybridized carbons (Fsp3) is 0.538. The summed E-state index contributed by atoms with van der Waals surface area (Å²) in [6.07, 6.45) is 0.999. The van der Waals surface area contributed by atoms with Crippen molar-refractivity contribution in [2.75, 3.05) is 26.0 Å². The van der Waals surface area contributed by atoms with Gasteiger partial charge in [-0.25, -0.2) is 9.97 Å². The second-order valence-electron chi connectivity index (χ2n) is 5.02. The number of likely N-dealkylation sites (N-methyl/N-ethyl adjacent to an activating group) is 1. The summed E-state index contributed by atoms with van der Waals surface area (Å²) in [6.45, 7) is 5.26. The van der Waals surface area contributed by atoms with Crippen LogP contribution in [0.3, 0.4) is 0 Å². The number of aromatic nitrogens is 2. The van der Waals surface area contributed by atoms with E-state index >= 15 is 0 Å². The first-order valence-corrected chi connectivity index (χ1v) is 8.12. The number of rotatable bonds is 6. The summed E-state index contributed by atoms with van der Waals surface area (Å²) in [5.41, 5.74) is 1.97. The van der Waals surface area contributed by atoms with Crippen LogP contribution in [0.5, 0.6) is 0 Å². The normalized spacial score (nSPS) is 11.5. The zero-order valence-corrected chi connectivity index (χ0v) is 13.4. The third-order valence-electron chi connectivity index (χ3n) is 2.50. The monoisotopic (exact) mass is 296 g/mol. The zero-order chi connectivity index (χ0) is 13.8. The van der Waals surface area contributed by atoms with Crippen molar-refractivity contribution < 1.29 is 0 Å². The van der Waals surface area contributed by atoms with Crippen LogP contribution in [0, 0.1) is 0 Å². The molecule has 0 amide bonds. The summed E-state index contributed by atoms with van der Waals surface area (Å²) in [6, 6.07) is 0.407. The van der Waals surface area contributed by atoms with Gasteiger partial charge in [-0.05, 0) is 27.9 Å². The van der Waals surface area contributed by atoms with Crippen LogP contribution in [-0.4, -0.2) is 41.5 Å². The molecule has 2 heterocycles. The van der Waals surface area contributed by atoms with Crippen LogP contribution in [0.25, 0.3) is 11.4 Å². The molecule has 0 aromatic carbocycles. The lowest BCUT2D eigenvalue weighted by atomic mass is 10.4. The molecular weight excluding hydrogens is 276 g/mol. The second-order valence-corrected chi connectivity index (χ2v) is 6.82. The third kappa shape index (κ3) is 4.26. The molecule has 0 fully saturated rings. The number of hydrogen-bond acceptors (Lipinski definition) is 6. The molecule has 0 aliphatic carbocycles. The summed E-state index contributed by atoms with van der Waals surface area (Å²) >= 11 is 3.35. The predicted octanol–water partition coefficient (Wildman–Crippen LogP) is 3.19. The third-order valence-corrected chi connectivity index (χ3v) is 4.19. The number of nitrogens with zero attached hydrogens (tertiary/aromatic N) is 3. The molecule has 0 radical (unpaired) electrons. The van der Waals surface area contributed by atoms with Gasteiger partial charge in [0, 0.05) is 29.8 Å². The lowest BCUT2D eigenvalue weighted by Crippen LogP contribution is -2.14. The molecule has 104 valence electrons. The van der Waals surface area contributed by atoms with Crippen LogP contribution < -0.4 is 5.32 Å². The Morgan fingerprint density at radius 3 is 2.53 bits per heavy atom. The average molecular weight is 296 g/mol. The molecule has 0 spiro atoms. The fourth-order valence-corrected chi connectivity index (χ4v) is 3.20. The topological polar surface area (TPSA) is 41.1 Å². The highest BCUT2D eigenvalue weighted by atomic mass is 32.1. The largest absolute Gasteiger partial charge is 0.359 e. The number of nitrogens with one attached hydrogen (secondary N) is 1. The van der Waals surface area contributed by atoms with Crippen molar-refractivity contribution in [1.29, 1.82) is 0 Å². The van der Waals surface area contributed by atoms with Crippen LogP contribution >= 0.6 is 22.7 Å². The Morgan fingerprint density at radius 2 is 1.84 bits per heavy atom. The first kappa shape index (κ1) is 14.4. The van der Waals surface area contributed by atoms with Gasteiger partial charge in [0.2, 0.25) is 0 Å². The van der Waals surface area contributed by atoms with E-state index in [1.165, 1.54) is 5.01 Å². The highest BCUT2D eigenvalue weighted by Gasteiger charge is 2.09. The summed E-state index contributed by atoms with van der Waals surface area (Å²) in [5.74, 6) is 0. The van der Waals surface area contributed by atoms with Crippen molar-refractivity contribution in [3.63, 3.8) is 0 Å². The molecule has 6 heteroatoms. The molecule has 0 aliphatic rings. The summed E-state index contributed by atoms with van der Waals surface area (Å²) in [5, 5.41) is 9.62. The number of hydrogen-bond donors (Lipinski definition) is 1. The fourth-order valence-electron chi connectivity index (χ4n) is 1.57. The minimum Gasteiger partial charge on any atom is -0.359 e. The molecule has 0 saturated heterocycles. The van der Waals surface area contributed by atoms with E-state index in [0.717, 1.165) is 29.5 Å². The average Bonchev–Trinajstić information content (AvgIpc) is 2.93. The van der Waals surface area contributed by atoms with Gasteiger partial charge in [-0.2, -0.15) is 0 Å². The molecule has 4 nitrogen and oxygen atoms in total. The molecule has 2 aromatic rings. The van der Waals surface area contributed by atoms with E-state index in [9.17, 15) is 0 Å². The highest BCUT2D eigenvalue weighted by molar-refractivity contribution is 7.14. The molecule has 0 bridgehead atoms. The Morgan fingerprint density at radius 1 is 1.16 bits per heavy atom. The van der Waals surface area contributed by atoms with E-state index in [4.69, 9.17) is 0 Å². The first-order valence-electron chi connectivity index (χ1n) is 6.36. The van der Waals surface area contributed by atoms with Crippen LogP contribution in [-0.2, 0) is 6.42 Å². The molecule has 0 saturated carbocycles. The van der Waals surface area contributed by atoms with Crippen molar-refractivity contribution in [2.45, 2.75) is 26.3 Å². The summed E-state index contributed by atoms with van der Waals surface area (Å²) in [7, 11) is 4.16. The predicted molar refractivity (Wildman–Crippen MR) is 84.2 cm³/mol. The molecule has 0 unspecified atom stereocenters. The molecule has 0 aliphatic heterocycles. The smallest absolute Gasteiger partial charge is 0.183 e. The van der Waals surface area contributed by atoms with E-state index in [1.807, 2.05) is 0 Å². The van der Waals surface area contributed by atoms with E-state index in [-0.39, 0.29) is 0 Å². The minimum absolute atomic E-state index is 0.407. The molecule has 1 N–H and O–H groups in total. The van der Waals surface area contributed by atoms with Gasteiger partial charge in [-0.1, -0.05) is 0 Å². The Kier molecular flexibility index (Phi) is 4.90. The van der Waals surface area contributed by atoms with Gasteiger partial charge in [0.1, 0.15) is 11.4 Å².